The van der Waals surface area contributed by atoms with E-state index in [1.54, 1.807) is 12.1 Å². The van der Waals surface area contributed by atoms with E-state index < -0.39 is 5.97 Å². The molecule has 184 valence electrons. The number of carbonyl (C=O) groups is 2. The first kappa shape index (κ1) is 24.7. The van der Waals surface area contributed by atoms with Gasteiger partial charge in [0.25, 0.3) is 5.91 Å². The Labute approximate surface area is 209 Å². The van der Waals surface area contributed by atoms with Crippen LogP contribution in [0.2, 0.25) is 0 Å². The minimum atomic E-state index is -0.946. The number of aliphatic carboxylic acids is 1. The van der Waals surface area contributed by atoms with Crippen LogP contribution in [0.5, 0.6) is 0 Å². The molecule has 1 heterocycles. The number of hydrogen-bond acceptors (Lipinski definition) is 6. The van der Waals surface area contributed by atoms with Crippen LogP contribution < -0.4 is 10.6 Å². The third-order valence-corrected chi connectivity index (χ3v) is 5.72. The van der Waals surface area contributed by atoms with Crippen LogP contribution in [0, 0.1) is 5.92 Å². The highest BCUT2D eigenvalue weighted by Gasteiger charge is 2.17. The third-order valence-electron chi connectivity index (χ3n) is 5.72. The van der Waals surface area contributed by atoms with E-state index in [0.717, 1.165) is 22.4 Å². The van der Waals surface area contributed by atoms with E-state index in [2.05, 4.69) is 34.7 Å². The molecule has 4 rings (SSSR count). The fraction of sp³-hybridized carbons (Fsp3) is 0.214. The quantitative estimate of drug-likeness (QED) is 0.275. The number of hydrogen-bond donors (Lipinski definition) is 3. The van der Waals surface area contributed by atoms with Gasteiger partial charge in [-0.15, -0.1) is 10.2 Å². The van der Waals surface area contributed by atoms with Crippen LogP contribution in [0.15, 0.2) is 83.3 Å². The highest BCUT2D eigenvalue weighted by atomic mass is 16.4. The number of benzene rings is 3. The van der Waals surface area contributed by atoms with Gasteiger partial charge in [-0.25, -0.2) is 0 Å². The molecule has 36 heavy (non-hydrogen) atoms. The highest BCUT2D eigenvalue weighted by molar-refractivity contribution is 5.94. The lowest BCUT2D eigenvalue weighted by Crippen LogP contribution is -2.26. The van der Waals surface area contributed by atoms with Crippen LogP contribution in [0.1, 0.15) is 42.2 Å². The Bertz CT molecular complexity index is 1300. The van der Waals surface area contributed by atoms with Gasteiger partial charge in [-0.05, 0) is 60.0 Å². The molecule has 0 saturated heterocycles. The maximum Gasteiger partial charge on any atom is 0.305 e. The molecule has 8 nitrogen and oxygen atoms in total. The zero-order valence-electron chi connectivity index (χ0n) is 20.1. The van der Waals surface area contributed by atoms with Gasteiger partial charge in [0, 0.05) is 28.9 Å². The first-order chi connectivity index (χ1) is 17.4. The average molecular weight is 485 g/mol. The number of aromatic nitrogens is 2. The van der Waals surface area contributed by atoms with E-state index in [0.29, 0.717) is 17.3 Å². The fourth-order valence-corrected chi connectivity index (χ4v) is 3.79. The smallest absolute Gasteiger partial charge is 0.305 e. The first-order valence-corrected chi connectivity index (χ1v) is 11.8. The van der Waals surface area contributed by atoms with E-state index in [1.165, 1.54) is 0 Å². The number of carboxylic acids is 1. The van der Waals surface area contributed by atoms with Gasteiger partial charge in [0.05, 0.1) is 12.5 Å². The molecular formula is C28H28N4O4. The number of anilines is 1. The monoisotopic (exact) mass is 484 g/mol. The molecule has 0 saturated carbocycles. The van der Waals surface area contributed by atoms with Crippen LogP contribution in [0.3, 0.4) is 0 Å². The lowest BCUT2D eigenvalue weighted by Gasteiger charge is -2.24. The summed E-state index contributed by atoms with van der Waals surface area (Å²) in [4.78, 5) is 22.9. The second-order valence-corrected chi connectivity index (χ2v) is 8.74. The Morgan fingerprint density at radius 3 is 2.06 bits per heavy atom. The predicted octanol–water partition coefficient (Wildman–Crippen LogP) is 5.42. The zero-order chi connectivity index (χ0) is 25.5. The third kappa shape index (κ3) is 6.15. The minimum Gasteiger partial charge on any atom is -0.481 e. The standard InChI is InChI=1S/C28H28N4O4/c1-18(2)25(19-8-10-20(11-9-19)26(35)29-17-16-24(33)34)30-23-14-12-22(13-15-23)28-32-31-27(36-28)21-6-4-3-5-7-21/h3-15,18,25,30H,16-17H2,1-2H3,(H,29,35)(H,33,34). The molecule has 1 amide bonds. The first-order valence-electron chi connectivity index (χ1n) is 11.8. The van der Waals surface area contributed by atoms with Crippen LogP contribution in [0.4, 0.5) is 5.69 Å². The second-order valence-electron chi connectivity index (χ2n) is 8.74. The van der Waals surface area contributed by atoms with Crippen LogP contribution in [-0.2, 0) is 4.79 Å². The Hall–Kier alpha value is -4.46. The zero-order valence-corrected chi connectivity index (χ0v) is 20.1. The van der Waals surface area contributed by atoms with E-state index >= 15 is 0 Å². The fourth-order valence-electron chi connectivity index (χ4n) is 3.79. The molecule has 8 heteroatoms. The van der Waals surface area contributed by atoms with Gasteiger partial charge in [-0.3, -0.25) is 9.59 Å². The summed E-state index contributed by atoms with van der Waals surface area (Å²) in [5.74, 6) is -0.0172. The van der Waals surface area contributed by atoms with Gasteiger partial charge in [-0.2, -0.15) is 0 Å². The van der Waals surface area contributed by atoms with Crippen molar-refractivity contribution in [3.8, 4) is 22.9 Å². The second kappa shape index (κ2) is 11.3. The van der Waals surface area contributed by atoms with E-state index in [4.69, 9.17) is 9.52 Å². The maximum atomic E-state index is 12.2. The summed E-state index contributed by atoms with van der Waals surface area (Å²) in [6.45, 7) is 4.35. The predicted molar refractivity (Wildman–Crippen MR) is 137 cm³/mol. The molecule has 1 aromatic heterocycles. The SMILES string of the molecule is CC(C)C(Nc1ccc(-c2nnc(-c3ccccc3)o2)cc1)c1ccc(C(=O)NCCC(=O)O)cc1. The van der Waals surface area contributed by atoms with Crippen molar-refractivity contribution in [1.82, 2.24) is 15.5 Å². The Morgan fingerprint density at radius 1 is 0.861 bits per heavy atom. The Kier molecular flexibility index (Phi) is 7.75. The largest absolute Gasteiger partial charge is 0.481 e. The molecule has 0 spiro atoms. The lowest BCUT2D eigenvalue weighted by molar-refractivity contribution is -0.136. The van der Waals surface area contributed by atoms with E-state index in [1.807, 2.05) is 66.7 Å². The average Bonchev–Trinajstić information content (AvgIpc) is 3.38. The van der Waals surface area contributed by atoms with Crippen LogP contribution >= 0.6 is 0 Å². The van der Waals surface area contributed by atoms with Crippen molar-refractivity contribution in [2.75, 3.05) is 11.9 Å². The van der Waals surface area contributed by atoms with E-state index in [9.17, 15) is 9.59 Å². The maximum absolute atomic E-state index is 12.2. The van der Waals surface area contributed by atoms with Crippen molar-refractivity contribution in [2.24, 2.45) is 5.92 Å². The summed E-state index contributed by atoms with van der Waals surface area (Å²) >= 11 is 0. The van der Waals surface area contributed by atoms with Gasteiger partial charge in [0.2, 0.25) is 11.8 Å². The number of nitrogens with zero attached hydrogens (tertiary/aromatic N) is 2. The Morgan fingerprint density at radius 2 is 1.47 bits per heavy atom. The molecule has 0 aliphatic rings. The molecule has 0 radical (unpaired) electrons. The van der Waals surface area contributed by atoms with Crippen molar-refractivity contribution in [1.29, 1.82) is 0 Å². The molecule has 3 aromatic carbocycles. The number of amides is 1. The normalized spacial score (nSPS) is 11.8. The number of carboxylic acid groups (broad SMARTS) is 1. The summed E-state index contributed by atoms with van der Waals surface area (Å²) in [5, 5.41) is 23.2. The van der Waals surface area contributed by atoms with E-state index in [-0.39, 0.29) is 30.8 Å². The molecule has 0 bridgehead atoms. The number of rotatable bonds is 10. The summed E-state index contributed by atoms with van der Waals surface area (Å²) < 4.78 is 5.85. The molecule has 0 aliphatic carbocycles. The van der Waals surface area contributed by atoms with Gasteiger partial charge >= 0.3 is 5.97 Å². The molecule has 1 unspecified atom stereocenters. The van der Waals surface area contributed by atoms with Crippen molar-refractivity contribution in [3.63, 3.8) is 0 Å². The van der Waals surface area contributed by atoms with Crippen molar-refractivity contribution >= 4 is 17.6 Å². The number of carbonyl (C=O) groups excluding carboxylic acids is 1. The molecular weight excluding hydrogens is 456 g/mol. The summed E-state index contributed by atoms with van der Waals surface area (Å²) in [5.41, 5.74) is 4.18. The molecule has 0 aliphatic heterocycles. The number of nitrogens with one attached hydrogen (secondary N) is 2. The van der Waals surface area contributed by atoms with Crippen molar-refractivity contribution < 1.29 is 19.1 Å². The minimum absolute atomic E-state index is 0.0214. The van der Waals surface area contributed by atoms with Crippen LogP contribution in [-0.4, -0.2) is 33.7 Å². The summed E-state index contributed by atoms with van der Waals surface area (Å²) in [6, 6.07) is 24.8. The molecule has 0 fully saturated rings. The van der Waals surface area contributed by atoms with Gasteiger partial charge in [-0.1, -0.05) is 44.2 Å². The Balaban J connectivity index is 1.42. The summed E-state index contributed by atoms with van der Waals surface area (Å²) in [6.07, 6.45) is -0.108. The molecule has 3 N–H and O–H groups in total. The van der Waals surface area contributed by atoms with Gasteiger partial charge in [0.1, 0.15) is 0 Å². The highest BCUT2D eigenvalue weighted by Crippen LogP contribution is 2.29. The van der Waals surface area contributed by atoms with Crippen molar-refractivity contribution in [2.45, 2.75) is 26.3 Å². The van der Waals surface area contributed by atoms with Gasteiger partial charge in [0.15, 0.2) is 0 Å². The summed E-state index contributed by atoms with van der Waals surface area (Å²) in [7, 11) is 0. The lowest BCUT2D eigenvalue weighted by atomic mass is 9.94. The van der Waals surface area contributed by atoms with Gasteiger partial charge < -0.3 is 20.2 Å². The van der Waals surface area contributed by atoms with Crippen molar-refractivity contribution in [3.05, 3.63) is 90.0 Å². The molecule has 1 atom stereocenters. The topological polar surface area (TPSA) is 117 Å². The van der Waals surface area contributed by atoms with Crippen LogP contribution in [0.25, 0.3) is 22.9 Å². The molecule has 4 aromatic rings.